The van der Waals surface area contributed by atoms with Crippen LogP contribution in [0.3, 0.4) is 0 Å². The van der Waals surface area contributed by atoms with Gasteiger partial charge in [-0.25, -0.2) is 0 Å². The summed E-state index contributed by atoms with van der Waals surface area (Å²) in [6, 6.07) is 0. The second-order valence-corrected chi connectivity index (χ2v) is 5.47. The van der Waals surface area contributed by atoms with Gasteiger partial charge in [0.1, 0.15) is 6.10 Å². The summed E-state index contributed by atoms with van der Waals surface area (Å²) in [6.07, 6.45) is 8.26. The third kappa shape index (κ3) is 3.44. The predicted molar refractivity (Wildman–Crippen MR) is 67.7 cm³/mol. The van der Waals surface area contributed by atoms with E-state index in [2.05, 4.69) is 12.2 Å². The highest BCUT2D eigenvalue weighted by Gasteiger charge is 2.30. The Morgan fingerprint density at radius 3 is 2.76 bits per heavy atom. The number of esters is 1. The Bertz CT molecular complexity index is 249. The Hall–Kier alpha value is -0.570. The molecule has 98 valence electrons. The van der Waals surface area contributed by atoms with Crippen LogP contribution in [0.2, 0.25) is 0 Å². The number of hydrogen-bond acceptors (Lipinski definition) is 3. The fourth-order valence-corrected chi connectivity index (χ4v) is 3.09. The zero-order chi connectivity index (χ0) is 12.1. The van der Waals surface area contributed by atoms with Crippen molar-refractivity contribution in [1.82, 2.24) is 5.32 Å². The molecule has 0 aromatic heterocycles. The maximum Gasteiger partial charge on any atom is 0.310 e. The van der Waals surface area contributed by atoms with Gasteiger partial charge in [-0.05, 0) is 51.0 Å². The Kier molecular flexibility index (Phi) is 4.84. The maximum atomic E-state index is 12.1. The molecule has 1 aliphatic carbocycles. The molecule has 1 N–H and O–H groups in total. The molecule has 17 heavy (non-hydrogen) atoms. The zero-order valence-corrected chi connectivity index (χ0v) is 10.9. The summed E-state index contributed by atoms with van der Waals surface area (Å²) in [5.41, 5.74) is 0. The van der Waals surface area contributed by atoms with Crippen molar-refractivity contribution in [2.24, 2.45) is 11.8 Å². The van der Waals surface area contributed by atoms with Crippen molar-refractivity contribution in [3.8, 4) is 0 Å². The van der Waals surface area contributed by atoms with Gasteiger partial charge in [0.15, 0.2) is 0 Å². The third-order valence-corrected chi connectivity index (χ3v) is 4.26. The fraction of sp³-hybridized carbons (Fsp3) is 0.929. The highest BCUT2D eigenvalue weighted by atomic mass is 16.5. The Labute approximate surface area is 104 Å². The van der Waals surface area contributed by atoms with Crippen molar-refractivity contribution in [3.05, 3.63) is 0 Å². The Morgan fingerprint density at radius 2 is 2.06 bits per heavy atom. The van der Waals surface area contributed by atoms with Crippen LogP contribution in [0.25, 0.3) is 0 Å². The van der Waals surface area contributed by atoms with Crippen molar-refractivity contribution in [1.29, 1.82) is 0 Å². The summed E-state index contributed by atoms with van der Waals surface area (Å²) in [4.78, 5) is 12.1. The highest BCUT2D eigenvalue weighted by Crippen LogP contribution is 2.30. The molecule has 0 aromatic rings. The normalized spacial score (nSPS) is 34.3. The first-order valence-electron chi connectivity index (χ1n) is 7.22. The molecule has 2 fully saturated rings. The lowest BCUT2D eigenvalue weighted by Crippen LogP contribution is -2.38. The lowest BCUT2D eigenvalue weighted by molar-refractivity contribution is -0.159. The summed E-state index contributed by atoms with van der Waals surface area (Å²) < 4.78 is 5.76. The molecule has 3 atom stereocenters. The standard InChI is InChI=1S/C14H25NO2/c1-2-11-6-3-4-8-13(11)17-14(16)12-7-5-9-15-10-12/h11-13,15H,2-10H2,1H3. The van der Waals surface area contributed by atoms with Crippen molar-refractivity contribution >= 4 is 5.97 Å². The highest BCUT2D eigenvalue weighted by molar-refractivity contribution is 5.73. The molecule has 0 radical (unpaired) electrons. The minimum absolute atomic E-state index is 0.0440. The molecule has 1 heterocycles. The van der Waals surface area contributed by atoms with E-state index < -0.39 is 0 Å². The lowest BCUT2D eigenvalue weighted by Gasteiger charge is -2.32. The van der Waals surface area contributed by atoms with Gasteiger partial charge in [0.05, 0.1) is 5.92 Å². The van der Waals surface area contributed by atoms with E-state index in [4.69, 9.17) is 4.74 Å². The molecule has 3 unspecified atom stereocenters. The molecular weight excluding hydrogens is 214 g/mol. The van der Waals surface area contributed by atoms with Gasteiger partial charge in [-0.1, -0.05) is 13.3 Å². The van der Waals surface area contributed by atoms with Crippen LogP contribution in [-0.2, 0) is 9.53 Å². The van der Waals surface area contributed by atoms with Gasteiger partial charge < -0.3 is 10.1 Å². The first-order valence-corrected chi connectivity index (χ1v) is 7.22. The molecule has 0 amide bonds. The smallest absolute Gasteiger partial charge is 0.310 e. The van der Waals surface area contributed by atoms with Crippen molar-refractivity contribution in [2.75, 3.05) is 13.1 Å². The first-order chi connectivity index (χ1) is 8.31. The second-order valence-electron chi connectivity index (χ2n) is 5.47. The number of carbonyl (C=O) groups is 1. The molecule has 1 saturated carbocycles. The minimum atomic E-state index is 0.0440. The molecule has 3 heteroatoms. The van der Waals surface area contributed by atoms with E-state index in [0.29, 0.717) is 5.92 Å². The average Bonchev–Trinajstić information content (AvgIpc) is 2.40. The Balaban J connectivity index is 1.83. The topological polar surface area (TPSA) is 38.3 Å². The van der Waals surface area contributed by atoms with Crippen molar-refractivity contribution < 1.29 is 9.53 Å². The van der Waals surface area contributed by atoms with Crippen LogP contribution in [0.4, 0.5) is 0 Å². The molecular formula is C14H25NO2. The van der Waals surface area contributed by atoms with Crippen LogP contribution in [-0.4, -0.2) is 25.2 Å². The van der Waals surface area contributed by atoms with E-state index in [0.717, 1.165) is 38.8 Å². The van der Waals surface area contributed by atoms with E-state index in [1.807, 2.05) is 0 Å². The lowest BCUT2D eigenvalue weighted by atomic mass is 9.84. The van der Waals surface area contributed by atoms with Crippen molar-refractivity contribution in [2.45, 2.75) is 58.0 Å². The van der Waals surface area contributed by atoms with Crippen LogP contribution < -0.4 is 5.32 Å². The first kappa shape index (κ1) is 12.9. The average molecular weight is 239 g/mol. The summed E-state index contributed by atoms with van der Waals surface area (Å²) in [5, 5.41) is 3.28. The van der Waals surface area contributed by atoms with Crippen LogP contribution in [0.5, 0.6) is 0 Å². The number of piperidine rings is 1. The third-order valence-electron chi connectivity index (χ3n) is 4.26. The summed E-state index contributed by atoms with van der Waals surface area (Å²) >= 11 is 0. The summed E-state index contributed by atoms with van der Waals surface area (Å²) in [6.45, 7) is 4.06. The van der Waals surface area contributed by atoms with Crippen LogP contribution in [0.1, 0.15) is 51.9 Å². The number of hydrogen-bond donors (Lipinski definition) is 1. The quantitative estimate of drug-likeness (QED) is 0.769. The number of carbonyl (C=O) groups excluding carboxylic acids is 1. The molecule has 1 saturated heterocycles. The second kappa shape index (κ2) is 6.39. The monoisotopic (exact) mass is 239 g/mol. The van der Waals surface area contributed by atoms with Crippen LogP contribution in [0, 0.1) is 11.8 Å². The molecule has 2 aliphatic rings. The number of rotatable bonds is 3. The SMILES string of the molecule is CCC1CCCCC1OC(=O)C1CCCNC1. The zero-order valence-electron chi connectivity index (χ0n) is 10.9. The fourth-order valence-electron chi connectivity index (χ4n) is 3.09. The van der Waals surface area contributed by atoms with Gasteiger partial charge in [0.2, 0.25) is 0 Å². The van der Waals surface area contributed by atoms with Crippen LogP contribution >= 0.6 is 0 Å². The summed E-state index contributed by atoms with van der Waals surface area (Å²) in [7, 11) is 0. The molecule has 2 rings (SSSR count). The van der Waals surface area contributed by atoms with Gasteiger partial charge in [-0.3, -0.25) is 4.79 Å². The van der Waals surface area contributed by atoms with E-state index in [9.17, 15) is 4.79 Å². The van der Waals surface area contributed by atoms with Gasteiger partial charge in [-0.15, -0.1) is 0 Å². The molecule has 0 aromatic carbocycles. The Morgan fingerprint density at radius 1 is 1.24 bits per heavy atom. The van der Waals surface area contributed by atoms with E-state index in [1.165, 1.54) is 19.3 Å². The largest absolute Gasteiger partial charge is 0.462 e. The number of nitrogens with one attached hydrogen (secondary N) is 1. The molecule has 0 spiro atoms. The molecule has 0 bridgehead atoms. The summed E-state index contributed by atoms with van der Waals surface area (Å²) in [5.74, 6) is 0.745. The van der Waals surface area contributed by atoms with Gasteiger partial charge >= 0.3 is 5.97 Å². The maximum absolute atomic E-state index is 12.1. The minimum Gasteiger partial charge on any atom is -0.462 e. The van der Waals surface area contributed by atoms with Gasteiger partial charge in [0.25, 0.3) is 0 Å². The predicted octanol–water partition coefficient (Wildman–Crippen LogP) is 2.50. The van der Waals surface area contributed by atoms with E-state index in [-0.39, 0.29) is 18.0 Å². The molecule has 3 nitrogen and oxygen atoms in total. The van der Waals surface area contributed by atoms with Gasteiger partial charge in [0, 0.05) is 6.54 Å². The van der Waals surface area contributed by atoms with Crippen molar-refractivity contribution in [3.63, 3.8) is 0 Å². The molecule has 1 aliphatic heterocycles. The van der Waals surface area contributed by atoms with Crippen LogP contribution in [0.15, 0.2) is 0 Å². The van der Waals surface area contributed by atoms with E-state index >= 15 is 0 Å². The van der Waals surface area contributed by atoms with Gasteiger partial charge in [-0.2, -0.15) is 0 Å². The number of ether oxygens (including phenoxy) is 1. The van der Waals surface area contributed by atoms with E-state index in [1.54, 1.807) is 0 Å².